The highest BCUT2D eigenvalue weighted by atomic mass is 32.2. The minimum atomic E-state index is 0.604. The van der Waals surface area contributed by atoms with E-state index in [0.717, 1.165) is 5.75 Å². The van der Waals surface area contributed by atoms with Crippen molar-refractivity contribution in [2.75, 3.05) is 5.75 Å². The SMILES string of the molecule is N#CCCSc1ccncc1. The molecule has 1 heterocycles. The molecule has 1 aromatic rings. The average Bonchev–Trinajstić information content (AvgIpc) is 2.07. The fraction of sp³-hybridized carbons (Fsp3) is 0.250. The predicted molar refractivity (Wildman–Crippen MR) is 45.2 cm³/mol. The highest BCUT2D eigenvalue weighted by Gasteiger charge is 1.90. The van der Waals surface area contributed by atoms with Gasteiger partial charge in [-0.1, -0.05) is 0 Å². The molecule has 0 aromatic carbocycles. The molecule has 0 radical (unpaired) electrons. The van der Waals surface area contributed by atoms with Crippen LogP contribution in [0.25, 0.3) is 0 Å². The van der Waals surface area contributed by atoms with Gasteiger partial charge >= 0.3 is 0 Å². The molecule has 0 aliphatic rings. The maximum absolute atomic E-state index is 8.27. The zero-order valence-corrected chi connectivity index (χ0v) is 6.84. The summed E-state index contributed by atoms with van der Waals surface area (Å²) < 4.78 is 0. The summed E-state index contributed by atoms with van der Waals surface area (Å²) in [6.07, 6.45) is 4.12. The molecular weight excluding hydrogens is 156 g/mol. The Kier molecular flexibility index (Phi) is 3.49. The van der Waals surface area contributed by atoms with Crippen molar-refractivity contribution < 1.29 is 0 Å². The zero-order chi connectivity index (χ0) is 7.94. The van der Waals surface area contributed by atoms with Crippen molar-refractivity contribution >= 4 is 11.8 Å². The van der Waals surface area contributed by atoms with Crippen molar-refractivity contribution in [3.63, 3.8) is 0 Å². The smallest absolute Gasteiger partial charge is 0.0630 e. The molecule has 0 spiro atoms. The summed E-state index contributed by atoms with van der Waals surface area (Å²) in [6, 6.07) is 5.99. The van der Waals surface area contributed by atoms with Crippen LogP contribution in [0, 0.1) is 11.3 Å². The lowest BCUT2D eigenvalue weighted by molar-refractivity contribution is 1.22. The van der Waals surface area contributed by atoms with E-state index in [4.69, 9.17) is 5.26 Å². The van der Waals surface area contributed by atoms with E-state index in [0.29, 0.717) is 6.42 Å². The van der Waals surface area contributed by atoms with E-state index in [2.05, 4.69) is 11.1 Å². The van der Waals surface area contributed by atoms with Crippen molar-refractivity contribution in [2.24, 2.45) is 0 Å². The summed E-state index contributed by atoms with van der Waals surface area (Å²) in [4.78, 5) is 5.07. The number of hydrogen-bond acceptors (Lipinski definition) is 3. The normalized spacial score (nSPS) is 9.00. The minimum Gasteiger partial charge on any atom is -0.265 e. The molecule has 0 fully saturated rings. The van der Waals surface area contributed by atoms with Gasteiger partial charge in [0.1, 0.15) is 0 Å². The molecule has 11 heavy (non-hydrogen) atoms. The molecule has 2 nitrogen and oxygen atoms in total. The van der Waals surface area contributed by atoms with Crippen LogP contribution in [0.5, 0.6) is 0 Å². The summed E-state index contributed by atoms with van der Waals surface area (Å²) in [5.41, 5.74) is 0. The fourth-order valence-electron chi connectivity index (χ4n) is 0.649. The monoisotopic (exact) mass is 164 g/mol. The van der Waals surface area contributed by atoms with E-state index in [-0.39, 0.29) is 0 Å². The Morgan fingerprint density at radius 1 is 1.45 bits per heavy atom. The molecule has 0 unspecified atom stereocenters. The summed E-state index contributed by atoms with van der Waals surface area (Å²) in [6.45, 7) is 0. The van der Waals surface area contributed by atoms with Crippen molar-refractivity contribution in [3.8, 4) is 6.07 Å². The molecule has 3 heteroatoms. The molecule has 1 rings (SSSR count). The Hall–Kier alpha value is -1.01. The maximum atomic E-state index is 8.27. The average molecular weight is 164 g/mol. The molecule has 0 saturated carbocycles. The van der Waals surface area contributed by atoms with Gasteiger partial charge in [-0.05, 0) is 12.1 Å². The van der Waals surface area contributed by atoms with E-state index in [1.54, 1.807) is 24.2 Å². The molecule has 0 N–H and O–H groups in total. The molecule has 0 amide bonds. The van der Waals surface area contributed by atoms with Crippen LogP contribution in [0.1, 0.15) is 6.42 Å². The number of nitriles is 1. The van der Waals surface area contributed by atoms with Gasteiger partial charge < -0.3 is 0 Å². The molecule has 0 atom stereocenters. The lowest BCUT2D eigenvalue weighted by Crippen LogP contribution is -1.76. The third-order valence-electron chi connectivity index (χ3n) is 1.13. The van der Waals surface area contributed by atoms with Crippen molar-refractivity contribution in [1.82, 2.24) is 4.98 Å². The summed E-state index contributed by atoms with van der Waals surface area (Å²) in [5, 5.41) is 8.27. The number of rotatable bonds is 3. The quantitative estimate of drug-likeness (QED) is 0.507. The van der Waals surface area contributed by atoms with Crippen molar-refractivity contribution in [2.45, 2.75) is 11.3 Å². The van der Waals surface area contributed by atoms with Crippen molar-refractivity contribution in [3.05, 3.63) is 24.5 Å². The van der Waals surface area contributed by atoms with Crippen LogP contribution in [0.4, 0.5) is 0 Å². The van der Waals surface area contributed by atoms with Crippen LogP contribution in [0.2, 0.25) is 0 Å². The molecule has 0 bridgehead atoms. The molecule has 0 aliphatic carbocycles. The molecule has 0 aliphatic heterocycles. The predicted octanol–water partition coefficient (Wildman–Crippen LogP) is 2.09. The van der Waals surface area contributed by atoms with Gasteiger partial charge in [0.25, 0.3) is 0 Å². The summed E-state index contributed by atoms with van der Waals surface area (Å²) in [7, 11) is 0. The third kappa shape index (κ3) is 3.06. The van der Waals surface area contributed by atoms with E-state index in [9.17, 15) is 0 Å². The fourth-order valence-corrected chi connectivity index (χ4v) is 1.39. The number of thioether (sulfide) groups is 1. The first kappa shape index (κ1) is 8.09. The molecule has 1 aromatic heterocycles. The summed E-state index contributed by atoms with van der Waals surface area (Å²) in [5.74, 6) is 0.862. The van der Waals surface area contributed by atoms with Crippen LogP contribution < -0.4 is 0 Å². The number of hydrogen-bond donors (Lipinski definition) is 0. The number of pyridine rings is 1. The lowest BCUT2D eigenvalue weighted by Gasteiger charge is -1.95. The largest absolute Gasteiger partial charge is 0.265 e. The first-order chi connectivity index (χ1) is 5.43. The molecule has 0 saturated heterocycles. The van der Waals surface area contributed by atoms with Gasteiger partial charge in [0.15, 0.2) is 0 Å². The Balaban J connectivity index is 2.35. The Morgan fingerprint density at radius 3 is 2.82 bits per heavy atom. The highest BCUT2D eigenvalue weighted by Crippen LogP contribution is 2.16. The first-order valence-corrected chi connectivity index (χ1v) is 4.32. The van der Waals surface area contributed by atoms with E-state index in [1.165, 1.54) is 4.90 Å². The standard InChI is InChI=1S/C8H8N2S/c9-4-1-7-11-8-2-5-10-6-3-8/h2-3,5-6H,1,7H2. The molecule has 56 valence electrons. The Labute approximate surface area is 70.3 Å². The zero-order valence-electron chi connectivity index (χ0n) is 6.03. The second-order valence-corrected chi connectivity index (χ2v) is 3.11. The minimum absolute atomic E-state index is 0.604. The third-order valence-corrected chi connectivity index (χ3v) is 2.15. The van der Waals surface area contributed by atoms with Crippen LogP contribution in [-0.2, 0) is 0 Å². The lowest BCUT2D eigenvalue weighted by atomic mass is 10.5. The van der Waals surface area contributed by atoms with Gasteiger partial charge in [-0.3, -0.25) is 4.98 Å². The van der Waals surface area contributed by atoms with Gasteiger partial charge in [0.05, 0.1) is 6.07 Å². The second kappa shape index (κ2) is 4.75. The number of nitrogens with zero attached hydrogens (tertiary/aromatic N) is 2. The Bertz CT molecular complexity index is 240. The van der Waals surface area contributed by atoms with Gasteiger partial charge in [-0.15, -0.1) is 11.8 Å². The van der Waals surface area contributed by atoms with Gasteiger partial charge in [-0.2, -0.15) is 5.26 Å². The van der Waals surface area contributed by atoms with Crippen LogP contribution in [0.15, 0.2) is 29.4 Å². The summed E-state index contributed by atoms with van der Waals surface area (Å²) >= 11 is 1.68. The highest BCUT2D eigenvalue weighted by molar-refractivity contribution is 7.99. The van der Waals surface area contributed by atoms with Gasteiger partial charge in [-0.25, -0.2) is 0 Å². The van der Waals surface area contributed by atoms with E-state index in [1.807, 2.05) is 12.1 Å². The Morgan fingerprint density at radius 2 is 2.18 bits per heavy atom. The van der Waals surface area contributed by atoms with Crippen LogP contribution in [0.3, 0.4) is 0 Å². The molecular formula is C8H8N2S. The van der Waals surface area contributed by atoms with E-state index >= 15 is 0 Å². The number of aromatic nitrogens is 1. The van der Waals surface area contributed by atoms with Gasteiger partial charge in [0, 0.05) is 29.5 Å². The second-order valence-electron chi connectivity index (χ2n) is 1.94. The van der Waals surface area contributed by atoms with Crippen molar-refractivity contribution in [1.29, 1.82) is 5.26 Å². The van der Waals surface area contributed by atoms with Crippen LogP contribution >= 0.6 is 11.8 Å². The van der Waals surface area contributed by atoms with Gasteiger partial charge in [0.2, 0.25) is 0 Å². The maximum Gasteiger partial charge on any atom is 0.0630 e. The first-order valence-electron chi connectivity index (χ1n) is 3.33. The topological polar surface area (TPSA) is 36.7 Å². The van der Waals surface area contributed by atoms with Crippen LogP contribution in [-0.4, -0.2) is 10.7 Å². The van der Waals surface area contributed by atoms with E-state index < -0.39 is 0 Å².